The van der Waals surface area contributed by atoms with Gasteiger partial charge in [-0.3, -0.25) is 19.6 Å². The second kappa shape index (κ2) is 5.73. The quantitative estimate of drug-likeness (QED) is 0.635. The van der Waals surface area contributed by atoms with Crippen LogP contribution in [0.25, 0.3) is 10.9 Å². The maximum absolute atomic E-state index is 11.3. The fourth-order valence-electron chi connectivity index (χ4n) is 2.29. The zero-order chi connectivity index (χ0) is 14.7. The van der Waals surface area contributed by atoms with E-state index in [1.807, 2.05) is 32.2 Å². The van der Waals surface area contributed by atoms with Gasteiger partial charge in [0.2, 0.25) is 12.3 Å². The molecular formula is C14H18N4O2. The van der Waals surface area contributed by atoms with Crippen LogP contribution in [0.4, 0.5) is 5.69 Å². The van der Waals surface area contributed by atoms with Gasteiger partial charge in [0.25, 0.3) is 0 Å². The number of fused-ring (bicyclic) bond motifs is 1. The maximum atomic E-state index is 11.3. The van der Waals surface area contributed by atoms with E-state index in [0.717, 1.165) is 16.6 Å². The lowest BCUT2D eigenvalue weighted by Gasteiger charge is -2.08. The molecule has 20 heavy (non-hydrogen) atoms. The van der Waals surface area contributed by atoms with Crippen LogP contribution in [0, 0.1) is 0 Å². The summed E-state index contributed by atoms with van der Waals surface area (Å²) in [5.74, 6) is -0.143. The number of nitrogens with zero attached hydrogens (tertiary/aromatic N) is 2. The van der Waals surface area contributed by atoms with Crippen LogP contribution in [-0.2, 0) is 16.6 Å². The van der Waals surface area contributed by atoms with Crippen molar-refractivity contribution >= 4 is 28.9 Å². The van der Waals surface area contributed by atoms with Crippen molar-refractivity contribution in [2.75, 3.05) is 5.73 Å². The largest absolute Gasteiger partial charge is 0.399 e. The topological polar surface area (TPSA) is 90.0 Å². The summed E-state index contributed by atoms with van der Waals surface area (Å²) in [5.41, 5.74) is 8.40. The van der Waals surface area contributed by atoms with E-state index in [1.54, 1.807) is 4.68 Å². The molecule has 6 nitrogen and oxygen atoms in total. The van der Waals surface area contributed by atoms with Crippen molar-refractivity contribution in [3.63, 3.8) is 0 Å². The van der Waals surface area contributed by atoms with Gasteiger partial charge in [-0.05, 0) is 24.6 Å². The third-order valence-corrected chi connectivity index (χ3v) is 3.40. The lowest BCUT2D eigenvalue weighted by Crippen LogP contribution is -2.21. The predicted molar refractivity (Wildman–Crippen MR) is 77.0 cm³/mol. The monoisotopic (exact) mass is 274 g/mol. The molecular weight excluding hydrogens is 256 g/mol. The first kappa shape index (κ1) is 14.0. The van der Waals surface area contributed by atoms with Gasteiger partial charge >= 0.3 is 0 Å². The van der Waals surface area contributed by atoms with Gasteiger partial charge in [-0.15, -0.1) is 0 Å². The van der Waals surface area contributed by atoms with Crippen molar-refractivity contribution in [1.82, 2.24) is 15.1 Å². The van der Waals surface area contributed by atoms with Crippen molar-refractivity contribution in [2.24, 2.45) is 7.05 Å². The Hall–Kier alpha value is -2.37. The van der Waals surface area contributed by atoms with Gasteiger partial charge in [0, 0.05) is 30.5 Å². The molecule has 0 saturated heterocycles. The Labute approximate surface area is 116 Å². The molecule has 1 unspecified atom stereocenters. The fraction of sp³-hybridized carbons (Fsp3) is 0.357. The number of aryl methyl sites for hydroxylation is 1. The molecule has 1 atom stereocenters. The van der Waals surface area contributed by atoms with Crippen LogP contribution >= 0.6 is 0 Å². The second-order valence-corrected chi connectivity index (χ2v) is 4.91. The number of nitrogens with two attached hydrogens (primary N) is 1. The van der Waals surface area contributed by atoms with Crippen molar-refractivity contribution in [2.45, 2.75) is 25.7 Å². The normalized spacial score (nSPS) is 12.3. The van der Waals surface area contributed by atoms with Crippen LogP contribution in [0.5, 0.6) is 0 Å². The number of benzene rings is 1. The lowest BCUT2D eigenvalue weighted by atomic mass is 9.98. The molecule has 1 heterocycles. The first-order chi connectivity index (χ1) is 9.52. The Morgan fingerprint density at radius 3 is 3.00 bits per heavy atom. The molecule has 106 valence electrons. The summed E-state index contributed by atoms with van der Waals surface area (Å²) in [4.78, 5) is 21.5. The number of aromatic nitrogens is 2. The van der Waals surface area contributed by atoms with E-state index in [0.29, 0.717) is 24.9 Å². The van der Waals surface area contributed by atoms with Crippen molar-refractivity contribution in [3.8, 4) is 0 Å². The number of anilines is 1. The minimum atomic E-state index is -0.267. The van der Waals surface area contributed by atoms with Gasteiger partial charge in [0.1, 0.15) is 0 Å². The number of imide groups is 1. The van der Waals surface area contributed by atoms with E-state index in [-0.39, 0.29) is 11.8 Å². The molecule has 2 rings (SSSR count). The molecule has 0 aliphatic heterocycles. The standard InChI is InChI=1S/C14H18N4O2/c1-9(3-6-13(20)16-8-19)14-11-5-4-10(15)7-12(11)18(2)17-14/h4-5,7-9H,3,6,15H2,1-2H3,(H,16,19,20). The molecule has 2 amide bonds. The number of carbonyl (C=O) groups is 2. The number of rotatable bonds is 5. The highest BCUT2D eigenvalue weighted by Crippen LogP contribution is 2.28. The number of carbonyl (C=O) groups excluding carboxylic acids is 2. The Morgan fingerprint density at radius 2 is 2.30 bits per heavy atom. The van der Waals surface area contributed by atoms with Gasteiger partial charge in [0.15, 0.2) is 0 Å². The average molecular weight is 274 g/mol. The van der Waals surface area contributed by atoms with E-state index in [9.17, 15) is 9.59 Å². The van der Waals surface area contributed by atoms with E-state index < -0.39 is 0 Å². The number of amides is 2. The van der Waals surface area contributed by atoms with Gasteiger partial charge < -0.3 is 5.73 Å². The first-order valence-electron chi connectivity index (χ1n) is 6.48. The smallest absolute Gasteiger partial charge is 0.226 e. The van der Waals surface area contributed by atoms with E-state index in [2.05, 4.69) is 10.4 Å². The molecule has 0 radical (unpaired) electrons. The van der Waals surface area contributed by atoms with Gasteiger partial charge in [-0.1, -0.05) is 6.92 Å². The zero-order valence-corrected chi connectivity index (χ0v) is 11.6. The van der Waals surface area contributed by atoms with Crippen molar-refractivity contribution < 1.29 is 9.59 Å². The third-order valence-electron chi connectivity index (χ3n) is 3.40. The average Bonchev–Trinajstić information content (AvgIpc) is 2.73. The Morgan fingerprint density at radius 1 is 1.55 bits per heavy atom. The molecule has 3 N–H and O–H groups in total. The summed E-state index contributed by atoms with van der Waals surface area (Å²) in [7, 11) is 1.87. The van der Waals surface area contributed by atoms with E-state index in [1.165, 1.54) is 0 Å². The van der Waals surface area contributed by atoms with Gasteiger partial charge in [-0.25, -0.2) is 0 Å². The Balaban J connectivity index is 2.20. The number of nitrogen functional groups attached to an aromatic ring is 1. The Kier molecular flexibility index (Phi) is 4.02. The maximum Gasteiger partial charge on any atom is 0.226 e. The van der Waals surface area contributed by atoms with Crippen LogP contribution in [0.15, 0.2) is 18.2 Å². The molecule has 2 aromatic rings. The zero-order valence-electron chi connectivity index (χ0n) is 11.6. The number of hydrogen-bond donors (Lipinski definition) is 2. The first-order valence-corrected chi connectivity index (χ1v) is 6.48. The summed E-state index contributed by atoms with van der Waals surface area (Å²) in [6.07, 6.45) is 1.34. The summed E-state index contributed by atoms with van der Waals surface area (Å²) in [6, 6.07) is 5.69. The Bertz CT molecular complexity index is 648. The highest BCUT2D eigenvalue weighted by Gasteiger charge is 2.16. The van der Waals surface area contributed by atoms with Crippen LogP contribution in [0.2, 0.25) is 0 Å². The van der Waals surface area contributed by atoms with Crippen LogP contribution in [0.1, 0.15) is 31.4 Å². The molecule has 0 saturated carbocycles. The number of nitrogens with one attached hydrogen (secondary N) is 1. The third kappa shape index (κ3) is 2.79. The summed E-state index contributed by atoms with van der Waals surface area (Å²) >= 11 is 0. The predicted octanol–water partition coefficient (Wildman–Crippen LogP) is 1.31. The minimum Gasteiger partial charge on any atom is -0.399 e. The highest BCUT2D eigenvalue weighted by atomic mass is 16.2. The van der Waals surface area contributed by atoms with Crippen molar-refractivity contribution in [3.05, 3.63) is 23.9 Å². The second-order valence-electron chi connectivity index (χ2n) is 4.91. The summed E-state index contributed by atoms with van der Waals surface area (Å²) < 4.78 is 1.79. The van der Waals surface area contributed by atoms with Crippen LogP contribution in [0.3, 0.4) is 0 Å². The lowest BCUT2D eigenvalue weighted by molar-refractivity contribution is -0.125. The molecule has 6 heteroatoms. The number of hydrogen-bond acceptors (Lipinski definition) is 4. The fourth-order valence-corrected chi connectivity index (χ4v) is 2.29. The van der Waals surface area contributed by atoms with Gasteiger partial charge in [-0.2, -0.15) is 5.10 Å². The minimum absolute atomic E-state index is 0.125. The molecule has 0 aliphatic rings. The van der Waals surface area contributed by atoms with E-state index in [4.69, 9.17) is 5.73 Å². The molecule has 0 bridgehead atoms. The molecule has 1 aromatic heterocycles. The molecule has 0 spiro atoms. The summed E-state index contributed by atoms with van der Waals surface area (Å²) in [6.45, 7) is 2.02. The highest BCUT2D eigenvalue weighted by molar-refractivity contribution is 5.86. The van der Waals surface area contributed by atoms with Crippen molar-refractivity contribution in [1.29, 1.82) is 0 Å². The van der Waals surface area contributed by atoms with Crippen LogP contribution in [-0.4, -0.2) is 22.1 Å². The van der Waals surface area contributed by atoms with E-state index >= 15 is 0 Å². The molecule has 0 aliphatic carbocycles. The summed E-state index contributed by atoms with van der Waals surface area (Å²) in [5, 5.41) is 7.70. The molecule has 0 fully saturated rings. The SMILES string of the molecule is CC(CCC(=O)NC=O)c1nn(C)c2cc(N)ccc12. The van der Waals surface area contributed by atoms with Crippen LogP contribution < -0.4 is 11.1 Å². The molecule has 1 aromatic carbocycles. The van der Waals surface area contributed by atoms with Gasteiger partial charge in [0.05, 0.1) is 11.2 Å².